The number of carbonyl (C=O) groups excluding carboxylic acids is 1. The van der Waals surface area contributed by atoms with Crippen LogP contribution >= 0.6 is 0 Å². The van der Waals surface area contributed by atoms with Crippen LogP contribution < -0.4 is 4.74 Å². The largest absolute Gasteiger partial charge is 0.478 e. The summed E-state index contributed by atoms with van der Waals surface area (Å²) in [6.45, 7) is 6.62. The van der Waals surface area contributed by atoms with Crippen molar-refractivity contribution in [2.75, 3.05) is 26.0 Å². The highest BCUT2D eigenvalue weighted by atomic mass is 32.2. The molecule has 0 bridgehead atoms. The molecule has 1 saturated carbocycles. The fourth-order valence-corrected chi connectivity index (χ4v) is 4.78. The van der Waals surface area contributed by atoms with Crippen LogP contribution in [0.4, 0.5) is 0 Å². The van der Waals surface area contributed by atoms with Gasteiger partial charge in [0.05, 0.1) is 11.5 Å². The van der Waals surface area contributed by atoms with Crippen molar-refractivity contribution in [1.82, 2.24) is 9.88 Å². The Kier molecular flexibility index (Phi) is 6.63. The van der Waals surface area contributed by atoms with E-state index in [2.05, 4.69) is 18.8 Å². The Morgan fingerprint density at radius 1 is 1.29 bits per heavy atom. The molecule has 1 aliphatic heterocycles. The molecular weight excluding hydrogens is 376 g/mol. The van der Waals surface area contributed by atoms with Gasteiger partial charge in [0.2, 0.25) is 11.8 Å². The molecule has 3 rings (SSSR count). The van der Waals surface area contributed by atoms with E-state index >= 15 is 0 Å². The molecule has 7 heteroatoms. The number of amides is 1. The quantitative estimate of drug-likeness (QED) is 0.660. The van der Waals surface area contributed by atoms with Gasteiger partial charge in [0.15, 0.2) is 9.84 Å². The molecule has 28 heavy (non-hydrogen) atoms. The van der Waals surface area contributed by atoms with Crippen molar-refractivity contribution in [1.29, 1.82) is 0 Å². The molecule has 6 nitrogen and oxygen atoms in total. The van der Waals surface area contributed by atoms with Gasteiger partial charge in [-0.25, -0.2) is 13.4 Å². The fourth-order valence-electron chi connectivity index (χ4n) is 4.22. The lowest BCUT2D eigenvalue weighted by molar-refractivity contribution is -0.133. The Morgan fingerprint density at radius 3 is 2.57 bits per heavy atom. The Hall–Kier alpha value is -1.63. The predicted molar refractivity (Wildman–Crippen MR) is 108 cm³/mol. The van der Waals surface area contributed by atoms with Crippen molar-refractivity contribution in [2.45, 2.75) is 50.8 Å². The molecule has 1 aromatic heterocycles. The van der Waals surface area contributed by atoms with E-state index in [1.54, 1.807) is 6.07 Å². The number of aromatic nitrogens is 1. The van der Waals surface area contributed by atoms with Crippen LogP contribution in [0.15, 0.2) is 23.2 Å². The first-order valence-electron chi connectivity index (χ1n) is 10.3. The third kappa shape index (κ3) is 5.69. The molecule has 1 saturated heterocycles. The number of pyridine rings is 1. The SMILES string of the molecule is CC(C)CC(=O)N1CCC([C@H]2C[C@H]2CCOc2ccc(S(C)(=O)=O)cn2)CC1. The van der Waals surface area contributed by atoms with Crippen LogP contribution in [0, 0.1) is 23.7 Å². The second kappa shape index (κ2) is 8.80. The van der Waals surface area contributed by atoms with Gasteiger partial charge in [0.1, 0.15) is 0 Å². The number of hydrogen-bond acceptors (Lipinski definition) is 5. The van der Waals surface area contributed by atoms with E-state index < -0.39 is 9.84 Å². The van der Waals surface area contributed by atoms with Crippen molar-refractivity contribution >= 4 is 15.7 Å². The van der Waals surface area contributed by atoms with Gasteiger partial charge in [0, 0.05) is 38.0 Å². The molecule has 0 N–H and O–H groups in total. The van der Waals surface area contributed by atoms with E-state index in [0.717, 1.165) is 44.2 Å². The second-order valence-corrected chi connectivity index (χ2v) is 10.7. The van der Waals surface area contributed by atoms with E-state index in [0.29, 0.717) is 36.7 Å². The molecule has 2 aliphatic rings. The van der Waals surface area contributed by atoms with Gasteiger partial charge in [-0.15, -0.1) is 0 Å². The first-order valence-corrected chi connectivity index (χ1v) is 12.2. The molecule has 1 amide bonds. The molecule has 2 atom stereocenters. The normalized spacial score (nSPS) is 23.1. The summed E-state index contributed by atoms with van der Waals surface area (Å²) in [5, 5.41) is 0. The van der Waals surface area contributed by atoms with Gasteiger partial charge in [-0.05, 0) is 55.4 Å². The number of hydrogen-bond donors (Lipinski definition) is 0. The Bertz CT molecular complexity index is 768. The van der Waals surface area contributed by atoms with Gasteiger partial charge in [-0.2, -0.15) is 0 Å². The minimum Gasteiger partial charge on any atom is -0.478 e. The summed E-state index contributed by atoms with van der Waals surface area (Å²) >= 11 is 0. The number of likely N-dealkylation sites (tertiary alicyclic amines) is 1. The predicted octanol–water partition coefficient (Wildman–Crippen LogP) is 3.17. The molecule has 1 aromatic rings. The molecule has 0 aromatic carbocycles. The Morgan fingerprint density at radius 2 is 2.00 bits per heavy atom. The van der Waals surface area contributed by atoms with Gasteiger partial charge in [-0.3, -0.25) is 4.79 Å². The van der Waals surface area contributed by atoms with Crippen LogP contribution in [0.1, 0.15) is 46.0 Å². The molecule has 156 valence electrons. The number of nitrogens with zero attached hydrogens (tertiary/aromatic N) is 2. The number of carbonyl (C=O) groups is 1. The topological polar surface area (TPSA) is 76.6 Å². The molecule has 2 heterocycles. The molecule has 1 aliphatic carbocycles. The number of sulfone groups is 1. The maximum absolute atomic E-state index is 12.2. The van der Waals surface area contributed by atoms with Gasteiger partial charge >= 0.3 is 0 Å². The number of rotatable bonds is 8. The molecule has 0 unspecified atom stereocenters. The van der Waals surface area contributed by atoms with Crippen LogP contribution in [-0.2, 0) is 14.6 Å². The highest BCUT2D eigenvalue weighted by molar-refractivity contribution is 7.90. The smallest absolute Gasteiger partial charge is 0.222 e. The molecule has 2 fully saturated rings. The minimum absolute atomic E-state index is 0.209. The highest BCUT2D eigenvalue weighted by Crippen LogP contribution is 2.49. The van der Waals surface area contributed by atoms with Crippen LogP contribution in [0.25, 0.3) is 0 Å². The minimum atomic E-state index is -3.22. The third-order valence-corrected chi connectivity index (χ3v) is 7.03. The third-order valence-electron chi connectivity index (χ3n) is 5.93. The summed E-state index contributed by atoms with van der Waals surface area (Å²) in [6.07, 6.45) is 7.69. The zero-order chi connectivity index (χ0) is 20.3. The average Bonchev–Trinajstić information content (AvgIpc) is 3.40. The number of piperidine rings is 1. The standard InChI is InChI=1S/C21H32N2O4S/c1-15(2)12-21(24)23-9-6-16(7-10-23)19-13-17(19)8-11-27-20-5-4-18(14-22-20)28(3,25)26/h4-5,14-17,19H,6-13H2,1-3H3/t17-,19-/m1/s1. The zero-order valence-electron chi connectivity index (χ0n) is 17.1. The molecule has 0 spiro atoms. The lowest BCUT2D eigenvalue weighted by Crippen LogP contribution is -2.39. The van der Waals surface area contributed by atoms with Gasteiger partial charge in [-0.1, -0.05) is 13.8 Å². The first-order chi connectivity index (χ1) is 13.2. The van der Waals surface area contributed by atoms with Crippen molar-refractivity contribution in [3.05, 3.63) is 18.3 Å². The summed E-state index contributed by atoms with van der Waals surface area (Å²) < 4.78 is 28.6. The monoisotopic (exact) mass is 408 g/mol. The maximum atomic E-state index is 12.2. The van der Waals surface area contributed by atoms with Crippen molar-refractivity contribution < 1.29 is 17.9 Å². The first kappa shape index (κ1) is 21.1. The van der Waals surface area contributed by atoms with Crippen molar-refractivity contribution in [2.24, 2.45) is 23.7 Å². The molecular formula is C21H32N2O4S. The van der Waals surface area contributed by atoms with Crippen LogP contribution in [-0.4, -0.2) is 50.2 Å². The van der Waals surface area contributed by atoms with E-state index in [4.69, 9.17) is 4.74 Å². The zero-order valence-corrected chi connectivity index (χ0v) is 18.0. The van der Waals surface area contributed by atoms with E-state index in [-0.39, 0.29) is 4.90 Å². The fraction of sp³-hybridized carbons (Fsp3) is 0.714. The summed E-state index contributed by atoms with van der Waals surface area (Å²) in [4.78, 5) is 18.5. The molecule has 0 radical (unpaired) electrons. The maximum Gasteiger partial charge on any atom is 0.222 e. The summed E-state index contributed by atoms with van der Waals surface area (Å²) in [6, 6.07) is 3.15. The van der Waals surface area contributed by atoms with E-state index in [1.165, 1.54) is 24.9 Å². The lowest BCUT2D eigenvalue weighted by Gasteiger charge is -2.33. The van der Waals surface area contributed by atoms with E-state index in [9.17, 15) is 13.2 Å². The second-order valence-electron chi connectivity index (χ2n) is 8.72. The van der Waals surface area contributed by atoms with Crippen LogP contribution in [0.3, 0.4) is 0 Å². The van der Waals surface area contributed by atoms with Gasteiger partial charge in [0.25, 0.3) is 0 Å². The van der Waals surface area contributed by atoms with Crippen LogP contribution in [0.2, 0.25) is 0 Å². The summed E-state index contributed by atoms with van der Waals surface area (Å²) in [5.41, 5.74) is 0. The van der Waals surface area contributed by atoms with Crippen LogP contribution in [0.5, 0.6) is 5.88 Å². The highest BCUT2D eigenvalue weighted by Gasteiger charge is 2.43. The number of ether oxygens (including phenoxy) is 1. The Labute approximate surface area is 168 Å². The summed E-state index contributed by atoms with van der Waals surface area (Å²) in [5.74, 6) is 3.42. The Balaban J connectivity index is 1.35. The van der Waals surface area contributed by atoms with Crippen molar-refractivity contribution in [3.63, 3.8) is 0 Å². The van der Waals surface area contributed by atoms with E-state index in [1.807, 2.05) is 4.90 Å². The summed E-state index contributed by atoms with van der Waals surface area (Å²) in [7, 11) is -3.22. The average molecular weight is 409 g/mol. The van der Waals surface area contributed by atoms with Gasteiger partial charge < -0.3 is 9.64 Å². The van der Waals surface area contributed by atoms with Crippen molar-refractivity contribution in [3.8, 4) is 5.88 Å². The lowest BCUT2D eigenvalue weighted by atomic mass is 9.90.